The summed E-state index contributed by atoms with van der Waals surface area (Å²) in [5.74, 6) is -0.486. The Hall–Kier alpha value is -3.85. The zero-order valence-electron chi connectivity index (χ0n) is 23.2. The molecule has 0 saturated carbocycles. The van der Waals surface area contributed by atoms with Crippen molar-refractivity contribution in [3.05, 3.63) is 89.5 Å². The molecule has 0 aliphatic rings. The van der Waals surface area contributed by atoms with E-state index in [9.17, 15) is 18.0 Å². The normalized spacial score (nSPS) is 11.9. The van der Waals surface area contributed by atoms with Gasteiger partial charge < -0.3 is 15.0 Å². The molecule has 0 bridgehead atoms. The van der Waals surface area contributed by atoms with Gasteiger partial charge >= 0.3 is 0 Å². The summed E-state index contributed by atoms with van der Waals surface area (Å²) in [5.41, 5.74) is 3.06. The minimum absolute atomic E-state index is 0.0515. The van der Waals surface area contributed by atoms with Crippen LogP contribution in [0.2, 0.25) is 0 Å². The van der Waals surface area contributed by atoms with Crippen molar-refractivity contribution < 1.29 is 22.7 Å². The maximum Gasteiger partial charge on any atom is 0.264 e. The Kier molecular flexibility index (Phi) is 10.1. The summed E-state index contributed by atoms with van der Waals surface area (Å²) in [6.45, 7) is 7.41. The molecule has 3 aromatic rings. The second kappa shape index (κ2) is 13.3. The molecule has 1 N–H and O–H groups in total. The third kappa shape index (κ3) is 7.17. The predicted octanol–water partition coefficient (Wildman–Crippen LogP) is 4.45. The number of likely N-dealkylation sites (N-methyl/N-ethyl adjacent to an activating group) is 1. The minimum Gasteiger partial charge on any atom is -0.492 e. The summed E-state index contributed by atoms with van der Waals surface area (Å²) < 4.78 is 34.8. The van der Waals surface area contributed by atoms with Gasteiger partial charge in [0.1, 0.15) is 18.3 Å². The molecule has 2 amide bonds. The number of amides is 2. The van der Waals surface area contributed by atoms with Crippen LogP contribution in [0.15, 0.2) is 77.7 Å². The van der Waals surface area contributed by atoms with Gasteiger partial charge in [-0.25, -0.2) is 8.42 Å². The Morgan fingerprint density at radius 3 is 2.05 bits per heavy atom. The van der Waals surface area contributed by atoms with Gasteiger partial charge in [-0.2, -0.15) is 0 Å². The van der Waals surface area contributed by atoms with Crippen molar-refractivity contribution in [3.8, 4) is 5.75 Å². The third-order valence-corrected chi connectivity index (χ3v) is 8.20. The third-order valence-electron chi connectivity index (χ3n) is 6.43. The van der Waals surface area contributed by atoms with Gasteiger partial charge in [-0.15, -0.1) is 0 Å². The summed E-state index contributed by atoms with van der Waals surface area (Å²) in [5, 5.41) is 2.63. The number of nitrogens with one attached hydrogen (secondary N) is 1. The number of sulfonamides is 1. The number of nitrogens with zero attached hydrogens (tertiary/aromatic N) is 2. The molecular formula is C30H37N3O5S. The molecule has 3 rings (SSSR count). The van der Waals surface area contributed by atoms with E-state index in [1.165, 1.54) is 24.1 Å². The van der Waals surface area contributed by atoms with Crippen LogP contribution in [0, 0.1) is 13.8 Å². The van der Waals surface area contributed by atoms with Crippen molar-refractivity contribution in [3.63, 3.8) is 0 Å². The first-order valence-corrected chi connectivity index (χ1v) is 14.4. The van der Waals surface area contributed by atoms with Crippen LogP contribution in [0.1, 0.15) is 37.0 Å². The van der Waals surface area contributed by atoms with Crippen LogP contribution >= 0.6 is 0 Å². The largest absolute Gasteiger partial charge is 0.492 e. The second-order valence-corrected chi connectivity index (χ2v) is 11.1. The molecule has 1 unspecified atom stereocenters. The highest BCUT2D eigenvalue weighted by molar-refractivity contribution is 7.92. The molecule has 208 valence electrons. The Labute approximate surface area is 231 Å². The van der Waals surface area contributed by atoms with Crippen molar-refractivity contribution in [2.75, 3.05) is 24.5 Å². The summed E-state index contributed by atoms with van der Waals surface area (Å²) >= 11 is 0. The highest BCUT2D eigenvalue weighted by atomic mass is 32.2. The molecule has 0 radical (unpaired) electrons. The zero-order valence-corrected chi connectivity index (χ0v) is 24.0. The van der Waals surface area contributed by atoms with Crippen molar-refractivity contribution in [2.24, 2.45) is 0 Å². The average Bonchev–Trinajstić information content (AvgIpc) is 2.93. The monoisotopic (exact) mass is 551 g/mol. The summed E-state index contributed by atoms with van der Waals surface area (Å²) in [7, 11) is -2.65. The molecule has 9 heteroatoms. The fourth-order valence-corrected chi connectivity index (χ4v) is 5.69. The zero-order chi connectivity index (χ0) is 28.6. The Bertz CT molecular complexity index is 1370. The van der Waals surface area contributed by atoms with Gasteiger partial charge in [-0.1, -0.05) is 66.6 Å². The number of carbonyl (C=O) groups is 2. The molecule has 0 heterocycles. The summed E-state index contributed by atoms with van der Waals surface area (Å²) in [6, 6.07) is 20.1. The predicted molar refractivity (Wildman–Crippen MR) is 153 cm³/mol. The average molecular weight is 552 g/mol. The molecule has 0 saturated heterocycles. The molecule has 3 aromatic carbocycles. The van der Waals surface area contributed by atoms with Crippen LogP contribution in [0.5, 0.6) is 5.75 Å². The maximum absolute atomic E-state index is 14.0. The molecule has 0 aliphatic carbocycles. The van der Waals surface area contributed by atoms with Crippen molar-refractivity contribution in [1.82, 2.24) is 10.2 Å². The van der Waals surface area contributed by atoms with Crippen LogP contribution < -0.4 is 14.4 Å². The van der Waals surface area contributed by atoms with Crippen LogP contribution in [0.3, 0.4) is 0 Å². The fraction of sp³-hybridized carbons (Fsp3) is 0.333. The SMILES string of the molecule is CCOc1ccccc1N(CC(=O)N(Cc1ccc(C)cc1)C(CC)C(=O)NC)S(=O)(=O)c1ccc(C)cc1. The lowest BCUT2D eigenvalue weighted by molar-refractivity contribution is -0.140. The van der Waals surface area contributed by atoms with Gasteiger partial charge in [0.25, 0.3) is 10.0 Å². The molecule has 8 nitrogen and oxygen atoms in total. The molecule has 0 aliphatic heterocycles. The fourth-order valence-electron chi connectivity index (χ4n) is 4.27. The van der Waals surface area contributed by atoms with Crippen LogP contribution in [0.25, 0.3) is 0 Å². The van der Waals surface area contributed by atoms with Gasteiger partial charge in [0.05, 0.1) is 17.2 Å². The first-order valence-electron chi connectivity index (χ1n) is 13.0. The van der Waals surface area contributed by atoms with E-state index >= 15 is 0 Å². The van der Waals surface area contributed by atoms with Crippen LogP contribution in [-0.4, -0.2) is 51.4 Å². The highest BCUT2D eigenvalue weighted by Gasteiger charge is 2.34. The highest BCUT2D eigenvalue weighted by Crippen LogP contribution is 2.33. The van der Waals surface area contributed by atoms with Gasteiger partial charge in [0.2, 0.25) is 11.8 Å². The lowest BCUT2D eigenvalue weighted by Crippen LogP contribution is -2.51. The quantitative estimate of drug-likeness (QED) is 0.359. The smallest absolute Gasteiger partial charge is 0.264 e. The molecule has 0 spiro atoms. The van der Waals surface area contributed by atoms with E-state index < -0.39 is 28.5 Å². The van der Waals surface area contributed by atoms with Crippen molar-refractivity contribution >= 4 is 27.5 Å². The Morgan fingerprint density at radius 1 is 0.897 bits per heavy atom. The van der Waals surface area contributed by atoms with E-state index in [1.807, 2.05) is 45.0 Å². The van der Waals surface area contributed by atoms with Crippen molar-refractivity contribution in [2.45, 2.75) is 51.6 Å². The summed E-state index contributed by atoms with van der Waals surface area (Å²) in [6.07, 6.45) is 0.359. The molecule has 39 heavy (non-hydrogen) atoms. The van der Waals surface area contributed by atoms with E-state index in [-0.39, 0.29) is 23.0 Å². The Balaban J connectivity index is 2.10. The number of ether oxygens (including phenoxy) is 1. The first-order chi connectivity index (χ1) is 18.6. The number of para-hydroxylation sites is 2. The molecular weight excluding hydrogens is 514 g/mol. The maximum atomic E-state index is 14.0. The van der Waals surface area contributed by atoms with Gasteiger partial charge in [0, 0.05) is 13.6 Å². The van der Waals surface area contributed by atoms with Crippen LogP contribution in [-0.2, 0) is 26.2 Å². The lowest BCUT2D eigenvalue weighted by atomic mass is 10.1. The standard InChI is InChI=1S/C30H37N3O5S/c1-6-26(30(35)31-5)32(20-24-16-12-22(3)13-17-24)29(34)21-33(27-10-8-9-11-28(27)38-7-2)39(36,37)25-18-14-23(4)15-19-25/h8-19,26H,6-7,20-21H2,1-5H3,(H,31,35). The lowest BCUT2D eigenvalue weighted by Gasteiger charge is -2.33. The first kappa shape index (κ1) is 29.7. The minimum atomic E-state index is -4.17. The number of rotatable bonds is 12. The topological polar surface area (TPSA) is 96.0 Å². The molecule has 0 aromatic heterocycles. The van der Waals surface area contributed by atoms with E-state index in [2.05, 4.69) is 5.32 Å². The number of hydrogen-bond donors (Lipinski definition) is 1. The van der Waals surface area contributed by atoms with E-state index in [0.717, 1.165) is 21.0 Å². The number of aryl methyl sites for hydroxylation is 2. The number of hydrogen-bond acceptors (Lipinski definition) is 5. The Morgan fingerprint density at radius 2 is 1.49 bits per heavy atom. The van der Waals surface area contributed by atoms with Gasteiger partial charge in [-0.05, 0) is 57.0 Å². The van der Waals surface area contributed by atoms with Gasteiger partial charge in [-0.3, -0.25) is 13.9 Å². The van der Waals surface area contributed by atoms with E-state index in [0.29, 0.717) is 18.8 Å². The van der Waals surface area contributed by atoms with E-state index in [4.69, 9.17) is 4.74 Å². The van der Waals surface area contributed by atoms with E-state index in [1.54, 1.807) is 43.3 Å². The van der Waals surface area contributed by atoms with Crippen LogP contribution in [0.4, 0.5) is 5.69 Å². The number of carbonyl (C=O) groups excluding carboxylic acids is 2. The second-order valence-electron chi connectivity index (χ2n) is 9.27. The van der Waals surface area contributed by atoms with Gasteiger partial charge in [0.15, 0.2) is 0 Å². The molecule has 0 fully saturated rings. The van der Waals surface area contributed by atoms with Crippen molar-refractivity contribution in [1.29, 1.82) is 0 Å². The molecule has 1 atom stereocenters. The summed E-state index contributed by atoms with van der Waals surface area (Å²) in [4.78, 5) is 28.3. The number of benzene rings is 3. The number of anilines is 1.